The van der Waals surface area contributed by atoms with E-state index < -0.39 is 0 Å². The average molecular weight is 690 g/mol. The summed E-state index contributed by atoms with van der Waals surface area (Å²) in [5.74, 6) is 0.788. The van der Waals surface area contributed by atoms with E-state index in [9.17, 15) is 14.4 Å². The second kappa shape index (κ2) is 19.4. The van der Waals surface area contributed by atoms with Crippen LogP contribution in [0.2, 0.25) is 0 Å². The molecule has 286 valence electrons. The number of aromatic amines is 1. The van der Waals surface area contributed by atoms with E-state index in [4.69, 9.17) is 5.73 Å². The van der Waals surface area contributed by atoms with Gasteiger partial charge in [0, 0.05) is 56.9 Å². The van der Waals surface area contributed by atoms with Gasteiger partial charge in [0.1, 0.15) is 0 Å². The second-order valence-electron chi connectivity index (χ2n) is 19.7. The normalized spacial score (nSPS) is 14.8. The van der Waals surface area contributed by atoms with E-state index >= 15 is 0 Å². The van der Waals surface area contributed by atoms with E-state index in [-0.39, 0.29) is 62.6 Å². The lowest BCUT2D eigenvalue weighted by atomic mass is 9.84. The van der Waals surface area contributed by atoms with Gasteiger partial charge in [-0.1, -0.05) is 75.8 Å². The van der Waals surface area contributed by atoms with Crippen molar-refractivity contribution < 1.29 is 14.4 Å². The summed E-state index contributed by atoms with van der Waals surface area (Å²) in [6.45, 7) is 42.1. The fourth-order valence-electron chi connectivity index (χ4n) is 5.01. The fourth-order valence-corrected chi connectivity index (χ4v) is 5.01. The number of allylic oxidation sites excluding steroid dienone is 1. The van der Waals surface area contributed by atoms with Crippen molar-refractivity contribution in [1.82, 2.24) is 20.9 Å². The number of aromatic nitrogens is 1. The van der Waals surface area contributed by atoms with Crippen LogP contribution in [0.3, 0.4) is 0 Å². The zero-order chi connectivity index (χ0) is 39.4. The number of nitrogens with two attached hydrogens (primary N) is 1. The van der Waals surface area contributed by atoms with E-state index in [0.717, 1.165) is 12.1 Å². The number of hydrogen-bond acceptors (Lipinski definition) is 7. The predicted octanol–water partition coefficient (Wildman–Crippen LogP) is 8.31. The molecule has 0 fully saturated rings. The first-order valence-electron chi connectivity index (χ1n) is 18.1. The lowest BCUT2D eigenvalue weighted by molar-refractivity contribution is -0.129. The number of carbonyl (C=O) groups is 3. The third-order valence-electron chi connectivity index (χ3n) is 7.24. The summed E-state index contributed by atoms with van der Waals surface area (Å²) < 4.78 is 0. The molecule has 0 spiro atoms. The topological polar surface area (TPSA) is 129 Å². The molecular formula is C41H79N5O3. The smallest absolute Gasteiger partial charge is 0.155 e. The van der Waals surface area contributed by atoms with E-state index in [1.165, 1.54) is 0 Å². The van der Waals surface area contributed by atoms with Crippen molar-refractivity contribution in [2.24, 2.45) is 22.0 Å². The van der Waals surface area contributed by atoms with Crippen LogP contribution in [0.4, 0.5) is 0 Å². The maximum absolute atomic E-state index is 12.5. The van der Waals surface area contributed by atoms with Crippen LogP contribution < -0.4 is 21.7 Å². The average Bonchev–Trinajstić information content (AvgIpc) is 3.38. The van der Waals surface area contributed by atoms with E-state index in [1.54, 1.807) is 0 Å². The molecule has 0 aliphatic heterocycles. The van der Waals surface area contributed by atoms with Crippen molar-refractivity contribution in [3.63, 3.8) is 0 Å². The monoisotopic (exact) mass is 690 g/mol. The van der Waals surface area contributed by atoms with Crippen LogP contribution in [0.5, 0.6) is 0 Å². The first-order chi connectivity index (χ1) is 21.6. The minimum Gasteiger partial charge on any atom is -0.403 e. The third-order valence-corrected chi connectivity index (χ3v) is 7.24. The highest BCUT2D eigenvalue weighted by atomic mass is 16.1. The highest BCUT2D eigenvalue weighted by Gasteiger charge is 2.33. The quantitative estimate of drug-likeness (QED) is 0.149. The van der Waals surface area contributed by atoms with Crippen LogP contribution in [0.25, 0.3) is 0 Å². The summed E-state index contributed by atoms with van der Waals surface area (Å²) in [6.07, 6.45) is 4.84. The molecule has 1 rings (SSSR count). The molecule has 0 aromatic carbocycles. The SMILES string of the molecule is C=C(N)CCC(NC(C)(C)C)C(=O)C(C)(C)C.CC(C)(C)NC(Cc1ccc[nH]1)C(=O)C(C)(C)C.CCC(NC(C)(C)C)C(=O)C(C)(C)C. The van der Waals surface area contributed by atoms with Gasteiger partial charge in [-0.25, -0.2) is 0 Å². The lowest BCUT2D eigenvalue weighted by Crippen LogP contribution is -2.51. The molecule has 0 saturated carbocycles. The van der Waals surface area contributed by atoms with E-state index in [1.807, 2.05) is 87.6 Å². The maximum Gasteiger partial charge on any atom is 0.155 e. The Morgan fingerprint density at radius 1 is 0.653 bits per heavy atom. The number of Topliss-reactive ketones (excluding diaryl/α,β-unsaturated/α-hetero) is 3. The number of hydrogen-bond donors (Lipinski definition) is 5. The number of H-pyrrole nitrogens is 1. The van der Waals surface area contributed by atoms with Gasteiger partial charge in [0.25, 0.3) is 0 Å². The van der Waals surface area contributed by atoms with Gasteiger partial charge in [-0.05, 0) is 93.7 Å². The Morgan fingerprint density at radius 3 is 1.31 bits per heavy atom. The Morgan fingerprint density at radius 2 is 1.00 bits per heavy atom. The largest absolute Gasteiger partial charge is 0.403 e. The molecule has 0 saturated heterocycles. The molecule has 1 heterocycles. The van der Waals surface area contributed by atoms with Crippen LogP contribution >= 0.6 is 0 Å². The van der Waals surface area contributed by atoms with Crippen LogP contribution in [0.15, 0.2) is 30.6 Å². The van der Waals surface area contributed by atoms with Gasteiger partial charge in [0.2, 0.25) is 0 Å². The number of carbonyl (C=O) groups excluding carboxylic acids is 3. The maximum atomic E-state index is 12.5. The molecule has 1 aromatic rings. The van der Waals surface area contributed by atoms with Gasteiger partial charge in [0.15, 0.2) is 17.3 Å². The molecule has 8 nitrogen and oxygen atoms in total. The lowest BCUT2D eigenvalue weighted by Gasteiger charge is -2.31. The predicted molar refractivity (Wildman–Crippen MR) is 211 cm³/mol. The molecule has 3 unspecified atom stereocenters. The summed E-state index contributed by atoms with van der Waals surface area (Å²) in [6, 6.07) is 3.66. The molecule has 0 bridgehead atoms. The summed E-state index contributed by atoms with van der Waals surface area (Å²) in [5.41, 5.74) is 6.24. The summed E-state index contributed by atoms with van der Waals surface area (Å²) >= 11 is 0. The second-order valence-corrected chi connectivity index (χ2v) is 19.7. The minimum absolute atomic E-state index is 0.00157. The Kier molecular flexibility index (Phi) is 19.3. The van der Waals surface area contributed by atoms with Crippen LogP contribution in [0, 0.1) is 16.2 Å². The third kappa shape index (κ3) is 23.7. The van der Waals surface area contributed by atoms with Crippen molar-refractivity contribution in [3.8, 4) is 0 Å². The van der Waals surface area contributed by atoms with Crippen molar-refractivity contribution in [2.75, 3.05) is 0 Å². The fraction of sp³-hybridized carbons (Fsp3) is 0.780. The van der Waals surface area contributed by atoms with Gasteiger partial charge in [-0.15, -0.1) is 0 Å². The number of ketones is 3. The minimum atomic E-state index is -0.334. The van der Waals surface area contributed by atoms with Gasteiger partial charge < -0.3 is 26.7 Å². The highest BCUT2D eigenvalue weighted by Crippen LogP contribution is 2.22. The Labute approximate surface area is 302 Å². The molecule has 0 radical (unpaired) electrons. The summed E-state index contributed by atoms with van der Waals surface area (Å²) in [5, 5.41) is 10.2. The first kappa shape index (κ1) is 48.8. The van der Waals surface area contributed by atoms with Crippen molar-refractivity contribution >= 4 is 17.3 Å². The van der Waals surface area contributed by atoms with Crippen molar-refractivity contribution in [2.45, 2.75) is 192 Å². The number of nitrogens with one attached hydrogen (secondary N) is 4. The zero-order valence-electron chi connectivity index (χ0n) is 35.3. The zero-order valence-corrected chi connectivity index (χ0v) is 35.3. The molecule has 8 heteroatoms. The molecule has 49 heavy (non-hydrogen) atoms. The van der Waals surface area contributed by atoms with Gasteiger partial charge in [-0.2, -0.15) is 0 Å². The molecule has 0 amide bonds. The first-order valence-corrected chi connectivity index (χ1v) is 18.1. The molecule has 6 N–H and O–H groups in total. The van der Waals surface area contributed by atoms with Crippen molar-refractivity contribution in [1.29, 1.82) is 0 Å². The van der Waals surface area contributed by atoms with Gasteiger partial charge in [0.05, 0.1) is 18.1 Å². The van der Waals surface area contributed by atoms with Gasteiger partial charge >= 0.3 is 0 Å². The van der Waals surface area contributed by atoms with Crippen molar-refractivity contribution in [3.05, 3.63) is 36.3 Å². The summed E-state index contributed by atoms with van der Waals surface area (Å²) in [4.78, 5) is 40.0. The molecule has 0 aliphatic carbocycles. The molecule has 1 aromatic heterocycles. The Bertz CT molecular complexity index is 1140. The van der Waals surface area contributed by atoms with Crippen LogP contribution in [-0.2, 0) is 20.8 Å². The van der Waals surface area contributed by atoms with Gasteiger partial charge in [-0.3, -0.25) is 14.4 Å². The highest BCUT2D eigenvalue weighted by molar-refractivity contribution is 5.89. The molecule has 0 aliphatic rings. The number of rotatable bonds is 12. The van der Waals surface area contributed by atoms with Crippen LogP contribution in [0.1, 0.15) is 157 Å². The Balaban J connectivity index is 0. The summed E-state index contributed by atoms with van der Waals surface area (Å²) in [7, 11) is 0. The molecular weight excluding hydrogens is 610 g/mol. The van der Waals surface area contributed by atoms with E-state index in [2.05, 4.69) is 89.8 Å². The van der Waals surface area contributed by atoms with Crippen LogP contribution in [-0.4, -0.2) is 57.1 Å². The molecule has 3 atom stereocenters. The Hall–Kier alpha value is -2.29. The van der Waals surface area contributed by atoms with E-state index in [0.29, 0.717) is 30.7 Å². The standard InChI is InChI=1S/C15H26N2O.C14H28N2O.C12H25NO/c1-14(2,3)13(18)12(17-15(4,5)6)10-11-8-7-9-16-11;1-10(15)8-9-11(16-14(5,6)7)12(17)13(2,3)4;1-8-9(13-12(5,6)7)10(14)11(2,3)4/h7-9,12,16-17H,10H2,1-6H3;11,16H,1,8-9,15H2,2-7H3;9,13H,8H2,1-7H3.